The summed E-state index contributed by atoms with van der Waals surface area (Å²) in [5.74, 6) is -0.403. The van der Waals surface area contributed by atoms with Crippen LogP contribution < -0.4 is 5.32 Å². The molecule has 1 rings (SSSR count). The molecule has 3 nitrogen and oxygen atoms in total. The van der Waals surface area contributed by atoms with Crippen molar-refractivity contribution in [2.24, 2.45) is 0 Å². The van der Waals surface area contributed by atoms with Crippen LogP contribution in [0.15, 0.2) is 18.2 Å². The summed E-state index contributed by atoms with van der Waals surface area (Å²) in [7, 11) is 0. The Morgan fingerprint density at radius 2 is 1.89 bits per heavy atom. The molecule has 1 aromatic rings. The molecular weight excluding hydrogens is 243 g/mol. The van der Waals surface area contributed by atoms with Crippen LogP contribution in [-0.2, 0) is 0 Å². The first kappa shape index (κ1) is 15.9. The molecule has 0 heterocycles. The monoisotopic (exact) mass is 268 g/mol. The number of aromatic hydroxyl groups is 1. The molecule has 1 aromatic carbocycles. The van der Waals surface area contributed by atoms with Gasteiger partial charge in [-0.05, 0) is 33.0 Å². The number of nitrogens with zero attached hydrogens (tertiary/aromatic N) is 1. The number of phenolic OH excluding ortho intramolecular Hbond substituents is 1. The fourth-order valence-corrected chi connectivity index (χ4v) is 2.31. The van der Waals surface area contributed by atoms with Crippen molar-refractivity contribution in [3.05, 3.63) is 29.6 Å². The summed E-state index contributed by atoms with van der Waals surface area (Å²) in [4.78, 5) is 2.33. The topological polar surface area (TPSA) is 35.5 Å². The van der Waals surface area contributed by atoms with Gasteiger partial charge in [0, 0.05) is 30.3 Å². The highest BCUT2D eigenvalue weighted by molar-refractivity contribution is 5.29. The van der Waals surface area contributed by atoms with Crippen LogP contribution in [0.3, 0.4) is 0 Å². The summed E-state index contributed by atoms with van der Waals surface area (Å²) in [5.41, 5.74) is 0.587. The van der Waals surface area contributed by atoms with E-state index in [1.54, 1.807) is 6.07 Å². The van der Waals surface area contributed by atoms with Crippen molar-refractivity contribution in [1.82, 2.24) is 10.2 Å². The van der Waals surface area contributed by atoms with Gasteiger partial charge in [0.15, 0.2) is 0 Å². The first-order valence-electron chi connectivity index (χ1n) is 6.94. The van der Waals surface area contributed by atoms with Crippen LogP contribution in [0.5, 0.6) is 5.75 Å². The van der Waals surface area contributed by atoms with E-state index in [9.17, 15) is 9.50 Å². The largest absolute Gasteiger partial charge is 0.508 e. The van der Waals surface area contributed by atoms with Crippen molar-refractivity contribution in [3.8, 4) is 5.75 Å². The van der Waals surface area contributed by atoms with E-state index < -0.39 is 0 Å². The van der Waals surface area contributed by atoms with E-state index in [2.05, 4.69) is 31.0 Å². The lowest BCUT2D eigenvalue weighted by atomic mass is 10.1. The van der Waals surface area contributed by atoms with Gasteiger partial charge in [-0.25, -0.2) is 4.39 Å². The van der Waals surface area contributed by atoms with Gasteiger partial charge in [0.2, 0.25) is 0 Å². The van der Waals surface area contributed by atoms with E-state index in [0.29, 0.717) is 5.56 Å². The predicted molar refractivity (Wildman–Crippen MR) is 76.9 cm³/mol. The second-order valence-corrected chi connectivity index (χ2v) is 4.98. The minimum atomic E-state index is -0.366. The van der Waals surface area contributed by atoms with E-state index in [4.69, 9.17) is 0 Å². The third-order valence-corrected chi connectivity index (χ3v) is 3.41. The molecule has 2 unspecified atom stereocenters. The van der Waals surface area contributed by atoms with Crippen LogP contribution in [-0.4, -0.2) is 35.7 Å². The number of hydrogen-bond acceptors (Lipinski definition) is 3. The van der Waals surface area contributed by atoms with E-state index in [-0.39, 0.29) is 23.7 Å². The van der Waals surface area contributed by atoms with Crippen LogP contribution in [0.4, 0.5) is 4.39 Å². The first-order valence-corrected chi connectivity index (χ1v) is 6.94. The fraction of sp³-hybridized carbons (Fsp3) is 0.600. The molecule has 0 saturated carbocycles. The number of hydrogen-bond donors (Lipinski definition) is 2. The molecule has 0 spiro atoms. The lowest BCUT2D eigenvalue weighted by Crippen LogP contribution is -2.40. The molecule has 2 atom stereocenters. The molecule has 2 N–H and O–H groups in total. The minimum absolute atomic E-state index is 0.0374. The zero-order valence-corrected chi connectivity index (χ0v) is 12.3. The molecule has 0 aromatic heterocycles. The number of nitrogens with one attached hydrogen (secondary N) is 1. The number of likely N-dealkylation sites (N-methyl/N-ethyl adjacent to an activating group) is 1. The molecule has 0 aliphatic heterocycles. The van der Waals surface area contributed by atoms with E-state index in [1.807, 2.05) is 6.92 Å². The summed E-state index contributed by atoms with van der Waals surface area (Å²) in [6.45, 7) is 11.3. The molecule has 4 heteroatoms. The maximum absolute atomic E-state index is 13.7. The van der Waals surface area contributed by atoms with Gasteiger partial charge in [-0.15, -0.1) is 0 Å². The quantitative estimate of drug-likeness (QED) is 0.798. The van der Waals surface area contributed by atoms with Crippen molar-refractivity contribution in [3.63, 3.8) is 0 Å². The lowest BCUT2D eigenvalue weighted by molar-refractivity contribution is 0.263. The second-order valence-electron chi connectivity index (χ2n) is 4.98. The van der Waals surface area contributed by atoms with Gasteiger partial charge >= 0.3 is 0 Å². The second kappa shape index (κ2) is 7.46. The van der Waals surface area contributed by atoms with Gasteiger partial charge in [0.25, 0.3) is 0 Å². The summed E-state index contributed by atoms with van der Waals surface area (Å²) >= 11 is 0. The fourth-order valence-electron chi connectivity index (χ4n) is 2.31. The van der Waals surface area contributed by atoms with Gasteiger partial charge in [0.1, 0.15) is 11.6 Å². The van der Waals surface area contributed by atoms with Crippen molar-refractivity contribution >= 4 is 0 Å². The molecular formula is C15H25FN2O. The molecule has 0 bridgehead atoms. The lowest BCUT2D eigenvalue weighted by Gasteiger charge is -2.26. The van der Waals surface area contributed by atoms with Gasteiger partial charge in [-0.2, -0.15) is 0 Å². The van der Waals surface area contributed by atoms with E-state index >= 15 is 0 Å². The summed E-state index contributed by atoms with van der Waals surface area (Å²) in [5, 5.41) is 12.6. The molecule has 0 aliphatic carbocycles. The predicted octanol–water partition coefficient (Wildman–Crippen LogP) is 2.91. The van der Waals surface area contributed by atoms with Crippen LogP contribution in [0.1, 0.15) is 39.3 Å². The van der Waals surface area contributed by atoms with Gasteiger partial charge in [0.05, 0.1) is 0 Å². The van der Waals surface area contributed by atoms with E-state index in [1.165, 1.54) is 6.07 Å². The molecule has 0 aliphatic rings. The maximum Gasteiger partial charge on any atom is 0.131 e. The molecule has 19 heavy (non-hydrogen) atoms. The normalized spacial score (nSPS) is 14.6. The molecule has 0 amide bonds. The highest BCUT2D eigenvalue weighted by Gasteiger charge is 2.15. The Hall–Kier alpha value is -1.13. The zero-order valence-electron chi connectivity index (χ0n) is 12.3. The third-order valence-electron chi connectivity index (χ3n) is 3.41. The standard InChI is InChI=1S/C15H25FN2O/c1-5-18(6-2)10-11(3)17-12(4)14-8-7-13(19)9-15(14)16/h7-9,11-12,17,19H,5-6,10H2,1-4H3. The van der Waals surface area contributed by atoms with Crippen LogP contribution in [0, 0.1) is 5.82 Å². The van der Waals surface area contributed by atoms with Gasteiger partial charge in [-0.3, -0.25) is 0 Å². The number of phenols is 1. The number of rotatable bonds is 7. The number of halogens is 1. The van der Waals surface area contributed by atoms with Crippen LogP contribution >= 0.6 is 0 Å². The zero-order chi connectivity index (χ0) is 14.4. The highest BCUT2D eigenvalue weighted by atomic mass is 19.1. The molecule has 108 valence electrons. The smallest absolute Gasteiger partial charge is 0.131 e. The van der Waals surface area contributed by atoms with E-state index in [0.717, 1.165) is 25.7 Å². The number of benzene rings is 1. The van der Waals surface area contributed by atoms with Gasteiger partial charge in [-0.1, -0.05) is 19.9 Å². The van der Waals surface area contributed by atoms with Gasteiger partial charge < -0.3 is 15.3 Å². The Labute approximate surface area is 115 Å². The van der Waals surface area contributed by atoms with Crippen molar-refractivity contribution in [2.45, 2.75) is 39.8 Å². The van der Waals surface area contributed by atoms with Crippen LogP contribution in [0.25, 0.3) is 0 Å². The summed E-state index contributed by atoms with van der Waals surface area (Å²) in [6, 6.07) is 4.51. The Balaban J connectivity index is 2.61. The minimum Gasteiger partial charge on any atom is -0.508 e. The Morgan fingerprint density at radius 3 is 2.42 bits per heavy atom. The molecule has 0 saturated heterocycles. The average Bonchev–Trinajstić information content (AvgIpc) is 2.35. The summed E-state index contributed by atoms with van der Waals surface area (Å²) < 4.78 is 13.7. The third kappa shape index (κ3) is 4.80. The summed E-state index contributed by atoms with van der Waals surface area (Å²) in [6.07, 6.45) is 0. The van der Waals surface area contributed by atoms with Crippen molar-refractivity contribution < 1.29 is 9.50 Å². The average molecular weight is 268 g/mol. The molecule has 0 radical (unpaired) electrons. The maximum atomic E-state index is 13.7. The SMILES string of the molecule is CCN(CC)CC(C)NC(C)c1ccc(O)cc1F. The van der Waals surface area contributed by atoms with Crippen molar-refractivity contribution in [1.29, 1.82) is 0 Å². The van der Waals surface area contributed by atoms with Crippen LogP contribution in [0.2, 0.25) is 0 Å². The molecule has 0 fully saturated rings. The Bertz CT molecular complexity index is 394. The van der Waals surface area contributed by atoms with Crippen molar-refractivity contribution in [2.75, 3.05) is 19.6 Å². The Kier molecular flexibility index (Phi) is 6.25. The Morgan fingerprint density at radius 1 is 1.26 bits per heavy atom. The highest BCUT2D eigenvalue weighted by Crippen LogP contribution is 2.21. The first-order chi connectivity index (χ1) is 8.97.